The Morgan fingerprint density at radius 2 is 1.52 bits per heavy atom. The van der Waals surface area contributed by atoms with Gasteiger partial charge in [0.05, 0.1) is 22.0 Å². The number of halogens is 2. The number of carbonyl (C=O) groups excluding carboxylic acids is 2. The smallest absolute Gasteiger partial charge is 0.244 e. The van der Waals surface area contributed by atoms with Gasteiger partial charge in [0.15, 0.2) is 0 Å². The van der Waals surface area contributed by atoms with Crippen LogP contribution in [0, 0.1) is 0 Å². The van der Waals surface area contributed by atoms with E-state index in [0.717, 1.165) is 34.5 Å². The van der Waals surface area contributed by atoms with Crippen LogP contribution in [0.3, 0.4) is 0 Å². The summed E-state index contributed by atoms with van der Waals surface area (Å²) in [6.07, 6.45) is 2.82. The van der Waals surface area contributed by atoms with Gasteiger partial charge in [-0.1, -0.05) is 85.6 Å². The van der Waals surface area contributed by atoms with Crippen molar-refractivity contribution in [2.75, 3.05) is 23.7 Å². The number of nitrogens with one attached hydrogen (secondary N) is 1. The summed E-state index contributed by atoms with van der Waals surface area (Å²) in [5, 5.41) is 3.59. The van der Waals surface area contributed by atoms with Gasteiger partial charge in [-0.05, 0) is 53.8 Å². The standard InChI is InChI=1S/C30H35Cl2N3O4S/c1-4-17-33-30(37)28(19-23-9-7-6-8-10-23)34(20-24-13-16-26(31)27(32)18-24)29(36)21-35(40(3,38)39)25-14-11-22(5-2)12-15-25/h6-16,18,28H,4-5,17,19-21H2,1-3H3,(H,33,37)/t28-/m1/s1. The molecule has 10 heteroatoms. The van der Waals surface area contributed by atoms with Gasteiger partial charge in [0.2, 0.25) is 21.8 Å². The molecule has 0 aliphatic rings. The van der Waals surface area contributed by atoms with Crippen molar-refractivity contribution in [2.24, 2.45) is 0 Å². The van der Waals surface area contributed by atoms with Crippen LogP contribution >= 0.6 is 23.2 Å². The second kappa shape index (κ2) is 14.5. The van der Waals surface area contributed by atoms with Crippen molar-refractivity contribution in [1.82, 2.24) is 10.2 Å². The van der Waals surface area contributed by atoms with Crippen molar-refractivity contribution in [3.05, 3.63) is 99.5 Å². The first kappa shape index (κ1) is 31.5. The molecule has 3 aromatic carbocycles. The molecule has 0 saturated heterocycles. The fourth-order valence-electron chi connectivity index (χ4n) is 4.27. The van der Waals surface area contributed by atoms with Gasteiger partial charge in [-0.15, -0.1) is 0 Å². The summed E-state index contributed by atoms with van der Waals surface area (Å²) in [5.74, 6) is -0.846. The maximum absolute atomic E-state index is 14.0. The monoisotopic (exact) mass is 603 g/mol. The first-order chi connectivity index (χ1) is 19.0. The predicted molar refractivity (Wildman–Crippen MR) is 162 cm³/mol. The fraction of sp³-hybridized carbons (Fsp3) is 0.333. The van der Waals surface area contributed by atoms with Crippen LogP contribution in [0.15, 0.2) is 72.8 Å². The molecule has 1 N–H and O–H groups in total. The van der Waals surface area contributed by atoms with Crippen molar-refractivity contribution in [3.63, 3.8) is 0 Å². The molecule has 0 aliphatic heterocycles. The third kappa shape index (κ3) is 8.71. The van der Waals surface area contributed by atoms with E-state index in [4.69, 9.17) is 23.2 Å². The minimum atomic E-state index is -3.82. The molecule has 214 valence electrons. The molecule has 0 bridgehead atoms. The minimum absolute atomic E-state index is 0.0269. The molecule has 7 nitrogen and oxygen atoms in total. The van der Waals surface area contributed by atoms with E-state index in [9.17, 15) is 18.0 Å². The number of hydrogen-bond donors (Lipinski definition) is 1. The van der Waals surface area contributed by atoms with Gasteiger partial charge in [0.25, 0.3) is 0 Å². The average molecular weight is 605 g/mol. The number of aryl methyl sites for hydroxylation is 1. The van der Waals surface area contributed by atoms with Crippen LogP contribution in [0.4, 0.5) is 5.69 Å². The average Bonchev–Trinajstić information content (AvgIpc) is 2.94. The zero-order valence-electron chi connectivity index (χ0n) is 22.9. The Balaban J connectivity index is 2.05. The Kier molecular flexibility index (Phi) is 11.4. The molecule has 0 radical (unpaired) electrons. The highest BCUT2D eigenvalue weighted by Gasteiger charge is 2.33. The summed E-state index contributed by atoms with van der Waals surface area (Å²) in [4.78, 5) is 29.0. The van der Waals surface area contributed by atoms with Crippen molar-refractivity contribution in [3.8, 4) is 0 Å². The van der Waals surface area contributed by atoms with Gasteiger partial charge < -0.3 is 10.2 Å². The Hall–Kier alpha value is -3.07. The van der Waals surface area contributed by atoms with Crippen LogP contribution < -0.4 is 9.62 Å². The molecular formula is C30H35Cl2N3O4S. The van der Waals surface area contributed by atoms with Gasteiger partial charge in [0.1, 0.15) is 12.6 Å². The number of amides is 2. The van der Waals surface area contributed by atoms with E-state index >= 15 is 0 Å². The van der Waals surface area contributed by atoms with Crippen LogP contribution in [0.2, 0.25) is 10.0 Å². The fourth-order valence-corrected chi connectivity index (χ4v) is 5.44. The lowest BCUT2D eigenvalue weighted by atomic mass is 10.0. The Labute approximate surface area is 247 Å². The first-order valence-electron chi connectivity index (χ1n) is 13.1. The summed E-state index contributed by atoms with van der Waals surface area (Å²) in [5.41, 5.74) is 2.93. The molecule has 0 aliphatic carbocycles. The van der Waals surface area contributed by atoms with Gasteiger partial charge in [-0.2, -0.15) is 0 Å². The van der Waals surface area contributed by atoms with Gasteiger partial charge in [-0.3, -0.25) is 13.9 Å². The zero-order chi connectivity index (χ0) is 29.3. The highest BCUT2D eigenvalue weighted by molar-refractivity contribution is 7.92. The minimum Gasteiger partial charge on any atom is -0.354 e. The topological polar surface area (TPSA) is 86.8 Å². The Bertz CT molecular complexity index is 1400. The van der Waals surface area contributed by atoms with Crippen LogP contribution in [0.25, 0.3) is 0 Å². The van der Waals surface area contributed by atoms with Crippen LogP contribution in [0.1, 0.15) is 37.0 Å². The number of anilines is 1. The molecule has 2 amide bonds. The van der Waals surface area contributed by atoms with Gasteiger partial charge >= 0.3 is 0 Å². The molecule has 0 aromatic heterocycles. The summed E-state index contributed by atoms with van der Waals surface area (Å²) in [6, 6.07) is 20.5. The lowest BCUT2D eigenvalue weighted by Gasteiger charge is -2.33. The van der Waals surface area contributed by atoms with E-state index in [0.29, 0.717) is 27.8 Å². The third-order valence-electron chi connectivity index (χ3n) is 6.47. The van der Waals surface area contributed by atoms with Crippen molar-refractivity contribution >= 4 is 50.7 Å². The highest BCUT2D eigenvalue weighted by Crippen LogP contribution is 2.25. The largest absolute Gasteiger partial charge is 0.354 e. The normalized spacial score (nSPS) is 12.0. The quantitative estimate of drug-likeness (QED) is 0.280. The molecular weight excluding hydrogens is 569 g/mol. The van der Waals surface area contributed by atoms with Crippen molar-refractivity contribution in [1.29, 1.82) is 0 Å². The lowest BCUT2D eigenvalue weighted by molar-refractivity contribution is -0.140. The summed E-state index contributed by atoms with van der Waals surface area (Å²) < 4.78 is 26.8. The molecule has 0 unspecified atom stereocenters. The molecule has 3 rings (SSSR count). The Morgan fingerprint density at radius 1 is 0.875 bits per heavy atom. The van der Waals surface area contributed by atoms with E-state index < -0.39 is 28.5 Å². The van der Waals surface area contributed by atoms with E-state index in [1.807, 2.05) is 56.3 Å². The predicted octanol–water partition coefficient (Wildman–Crippen LogP) is 5.49. The molecule has 1 atom stereocenters. The van der Waals surface area contributed by atoms with Gasteiger partial charge in [-0.25, -0.2) is 8.42 Å². The number of hydrogen-bond acceptors (Lipinski definition) is 4. The first-order valence-corrected chi connectivity index (χ1v) is 15.8. The number of rotatable bonds is 13. The summed E-state index contributed by atoms with van der Waals surface area (Å²) in [6.45, 7) is 3.94. The maximum atomic E-state index is 14.0. The zero-order valence-corrected chi connectivity index (χ0v) is 25.3. The number of carbonyl (C=O) groups is 2. The number of sulfonamides is 1. The highest BCUT2D eigenvalue weighted by atomic mass is 35.5. The van der Waals surface area contributed by atoms with Crippen molar-refractivity contribution in [2.45, 2.75) is 45.7 Å². The second-order valence-corrected chi connectivity index (χ2v) is 12.3. The van der Waals surface area contributed by atoms with Crippen molar-refractivity contribution < 1.29 is 18.0 Å². The maximum Gasteiger partial charge on any atom is 0.244 e. The van der Waals surface area contributed by atoms with E-state index in [1.54, 1.807) is 30.3 Å². The Morgan fingerprint density at radius 3 is 2.10 bits per heavy atom. The SMILES string of the molecule is CCCNC(=O)[C@@H](Cc1ccccc1)N(Cc1ccc(Cl)c(Cl)c1)C(=O)CN(c1ccc(CC)cc1)S(C)(=O)=O. The molecule has 0 fully saturated rings. The third-order valence-corrected chi connectivity index (χ3v) is 8.35. The van der Waals surface area contributed by atoms with E-state index in [-0.39, 0.29) is 18.9 Å². The van der Waals surface area contributed by atoms with Gasteiger partial charge in [0, 0.05) is 19.5 Å². The molecule has 40 heavy (non-hydrogen) atoms. The van der Waals surface area contributed by atoms with Crippen LogP contribution in [0.5, 0.6) is 0 Å². The lowest BCUT2D eigenvalue weighted by Crippen LogP contribution is -2.53. The number of benzene rings is 3. The number of nitrogens with zero attached hydrogens (tertiary/aromatic N) is 2. The molecule has 0 heterocycles. The second-order valence-electron chi connectivity index (χ2n) is 9.56. The van der Waals surface area contributed by atoms with Crippen LogP contribution in [-0.2, 0) is 39.0 Å². The molecule has 0 saturated carbocycles. The van der Waals surface area contributed by atoms with E-state index in [1.165, 1.54) is 4.90 Å². The summed E-state index contributed by atoms with van der Waals surface area (Å²) >= 11 is 12.4. The van der Waals surface area contributed by atoms with E-state index in [2.05, 4.69) is 5.32 Å². The molecule has 0 spiro atoms. The van der Waals surface area contributed by atoms with Crippen LogP contribution in [-0.4, -0.2) is 50.5 Å². The summed E-state index contributed by atoms with van der Waals surface area (Å²) in [7, 11) is -3.82. The molecule has 3 aromatic rings.